The molecule has 1 N–H and O–H groups in total. The summed E-state index contributed by atoms with van der Waals surface area (Å²) in [5.41, 5.74) is -0.418. The quantitative estimate of drug-likeness (QED) is 0.630. The molecule has 0 saturated carbocycles. The zero-order valence-corrected chi connectivity index (χ0v) is 9.51. The Morgan fingerprint density at radius 2 is 1.78 bits per heavy atom. The average molecular weight is 243 g/mol. The van der Waals surface area contributed by atoms with Crippen LogP contribution in [0.2, 0.25) is 0 Å². The molecular weight excluding hydrogens is 234 g/mol. The predicted molar refractivity (Wildman–Crippen MR) is 65.2 cm³/mol. The van der Waals surface area contributed by atoms with Crippen molar-refractivity contribution < 1.29 is 4.79 Å². The maximum atomic E-state index is 11.8. The molecule has 0 aliphatic carbocycles. The van der Waals surface area contributed by atoms with Gasteiger partial charge in [-0.25, -0.2) is 9.59 Å². The molecule has 0 atom stereocenters. The number of hydrogen-bond acceptors (Lipinski definition) is 3. The van der Waals surface area contributed by atoms with Crippen LogP contribution in [0, 0.1) is 0 Å². The number of rotatable bonds is 1. The number of Topliss-reactive ketones (excluding diaryl/α,β-unsaturated/α-hetero) is 1. The van der Waals surface area contributed by atoms with E-state index >= 15 is 0 Å². The Bertz CT molecular complexity index is 898. The Hall–Kier alpha value is -2.63. The van der Waals surface area contributed by atoms with Gasteiger partial charge in [-0.15, -0.1) is 0 Å². The monoisotopic (exact) mass is 243 g/mol. The molecule has 0 fully saturated rings. The van der Waals surface area contributed by atoms with Crippen molar-refractivity contribution >= 4 is 16.7 Å². The summed E-state index contributed by atoms with van der Waals surface area (Å²) in [6, 6.07) is 8.67. The van der Waals surface area contributed by atoms with Gasteiger partial charge in [0.2, 0.25) is 0 Å². The van der Waals surface area contributed by atoms with Crippen LogP contribution < -0.4 is 11.4 Å². The van der Waals surface area contributed by atoms with Gasteiger partial charge in [-0.1, -0.05) is 18.2 Å². The van der Waals surface area contributed by atoms with E-state index < -0.39 is 11.4 Å². The fraction of sp³-hybridized carbons (Fsp3) is 0.0833. The minimum Gasteiger partial charge on any atom is -0.293 e. The molecule has 0 aliphatic rings. The minimum absolute atomic E-state index is 0.178. The van der Waals surface area contributed by atoms with Gasteiger partial charge in [-0.05, 0) is 12.1 Å². The molecule has 18 heavy (non-hydrogen) atoms. The highest BCUT2D eigenvalue weighted by molar-refractivity contribution is 5.95. The molecule has 0 aliphatic heterocycles. The normalized spacial score (nSPS) is 11.2. The maximum absolute atomic E-state index is 11.8. The molecule has 90 valence electrons. The van der Waals surface area contributed by atoms with Crippen LogP contribution in [-0.4, -0.2) is 19.8 Å². The van der Waals surface area contributed by atoms with E-state index in [9.17, 15) is 14.4 Å². The van der Waals surface area contributed by atoms with Crippen LogP contribution in [-0.2, 0) is 0 Å². The van der Waals surface area contributed by atoms with Crippen LogP contribution in [0.3, 0.4) is 0 Å². The van der Waals surface area contributed by atoms with Gasteiger partial charge in [0.05, 0.1) is 5.52 Å². The van der Waals surface area contributed by atoms with Crippen LogP contribution >= 0.6 is 0 Å². The zero-order valence-electron chi connectivity index (χ0n) is 9.51. The molecule has 3 aromatic rings. The summed E-state index contributed by atoms with van der Waals surface area (Å²) >= 11 is 0. The van der Waals surface area contributed by atoms with Crippen LogP contribution in [0.1, 0.15) is 17.4 Å². The van der Waals surface area contributed by atoms with Gasteiger partial charge in [0.1, 0.15) is 5.69 Å². The van der Waals surface area contributed by atoms with E-state index in [1.165, 1.54) is 11.4 Å². The van der Waals surface area contributed by atoms with E-state index in [4.69, 9.17) is 0 Å². The molecule has 1 aromatic carbocycles. The zero-order chi connectivity index (χ0) is 12.9. The van der Waals surface area contributed by atoms with Crippen molar-refractivity contribution in [2.24, 2.45) is 0 Å². The third-order valence-corrected chi connectivity index (χ3v) is 2.84. The number of para-hydroxylation sites is 1. The Balaban J connectivity index is 2.75. The first-order valence-electron chi connectivity index (χ1n) is 5.36. The highest BCUT2D eigenvalue weighted by Crippen LogP contribution is 2.13. The van der Waals surface area contributed by atoms with Crippen LogP contribution in [0.4, 0.5) is 0 Å². The Kier molecular flexibility index (Phi) is 2.00. The van der Waals surface area contributed by atoms with Gasteiger partial charge in [-0.3, -0.25) is 9.78 Å². The largest absolute Gasteiger partial charge is 0.349 e. The molecule has 0 saturated heterocycles. The van der Waals surface area contributed by atoms with Crippen molar-refractivity contribution in [3.05, 3.63) is 57.0 Å². The number of ketones is 1. The first-order valence-corrected chi connectivity index (χ1v) is 5.36. The third kappa shape index (κ3) is 1.26. The lowest BCUT2D eigenvalue weighted by Gasteiger charge is -2.06. The van der Waals surface area contributed by atoms with E-state index in [0.29, 0.717) is 5.52 Å². The molecule has 6 heteroatoms. The summed E-state index contributed by atoms with van der Waals surface area (Å²) in [6.07, 6.45) is 0. The van der Waals surface area contributed by atoms with Gasteiger partial charge in [0.25, 0.3) is 0 Å². The smallest absolute Gasteiger partial charge is 0.293 e. The van der Waals surface area contributed by atoms with Crippen molar-refractivity contribution in [3.63, 3.8) is 0 Å². The lowest BCUT2D eigenvalue weighted by Crippen LogP contribution is -2.21. The van der Waals surface area contributed by atoms with Gasteiger partial charge in [0, 0.05) is 12.3 Å². The van der Waals surface area contributed by atoms with E-state index in [1.54, 1.807) is 30.3 Å². The number of hydrogen-bond donors (Lipinski definition) is 1. The number of carbonyl (C=O) groups excluding carboxylic acids is 1. The molecule has 0 bridgehead atoms. The summed E-state index contributed by atoms with van der Waals surface area (Å²) in [7, 11) is 0. The van der Waals surface area contributed by atoms with Crippen molar-refractivity contribution in [2.75, 3.05) is 0 Å². The van der Waals surface area contributed by atoms with E-state index in [-0.39, 0.29) is 11.5 Å². The number of fused-ring (bicyclic) bond motifs is 3. The van der Waals surface area contributed by atoms with Crippen LogP contribution in [0.25, 0.3) is 10.9 Å². The molecule has 3 rings (SSSR count). The molecular formula is C12H9N3O3. The molecule has 0 radical (unpaired) electrons. The second kappa shape index (κ2) is 3.43. The molecule has 0 unspecified atom stereocenters. The van der Waals surface area contributed by atoms with Gasteiger partial charge >= 0.3 is 11.4 Å². The van der Waals surface area contributed by atoms with Gasteiger partial charge in [0.15, 0.2) is 5.78 Å². The summed E-state index contributed by atoms with van der Waals surface area (Å²) in [5.74, 6) is -0.278. The van der Waals surface area contributed by atoms with Crippen molar-refractivity contribution in [2.45, 2.75) is 6.92 Å². The number of nitrogens with one attached hydrogen (secondary N) is 1. The highest BCUT2D eigenvalue weighted by Gasteiger charge is 2.13. The lowest BCUT2D eigenvalue weighted by atomic mass is 10.2. The number of H-pyrrole nitrogens is 1. The summed E-state index contributed by atoms with van der Waals surface area (Å²) in [6.45, 7) is 1.36. The second-order valence-electron chi connectivity index (χ2n) is 4.00. The number of aromatic nitrogens is 3. The fourth-order valence-corrected chi connectivity index (χ4v) is 2.07. The van der Waals surface area contributed by atoms with Crippen molar-refractivity contribution in [1.82, 2.24) is 14.0 Å². The summed E-state index contributed by atoms with van der Waals surface area (Å²) < 4.78 is 2.24. The Morgan fingerprint density at radius 3 is 2.50 bits per heavy atom. The van der Waals surface area contributed by atoms with Gasteiger partial charge < -0.3 is 0 Å². The van der Waals surface area contributed by atoms with Gasteiger partial charge in [-0.2, -0.15) is 9.03 Å². The number of benzene rings is 1. The Morgan fingerprint density at radius 1 is 1.11 bits per heavy atom. The van der Waals surface area contributed by atoms with Crippen LogP contribution in [0.5, 0.6) is 0 Å². The molecule has 2 aromatic heterocycles. The maximum Gasteiger partial charge on any atom is 0.349 e. The lowest BCUT2D eigenvalue weighted by molar-refractivity contribution is 0.100. The fourth-order valence-electron chi connectivity index (χ4n) is 2.07. The topological polar surface area (TPSA) is 75.8 Å². The highest BCUT2D eigenvalue weighted by atomic mass is 16.2. The average Bonchev–Trinajstić information content (AvgIpc) is 2.64. The molecule has 0 spiro atoms. The van der Waals surface area contributed by atoms with E-state index in [2.05, 4.69) is 4.98 Å². The van der Waals surface area contributed by atoms with E-state index in [0.717, 1.165) is 9.90 Å². The number of aromatic amines is 1. The summed E-state index contributed by atoms with van der Waals surface area (Å²) in [5, 5.41) is 0.726. The molecule has 6 nitrogen and oxygen atoms in total. The molecule has 2 heterocycles. The third-order valence-electron chi connectivity index (χ3n) is 2.84. The Labute approximate surface area is 100 Å². The minimum atomic E-state index is -0.615. The van der Waals surface area contributed by atoms with Crippen molar-refractivity contribution in [1.29, 1.82) is 0 Å². The second-order valence-corrected chi connectivity index (χ2v) is 4.00. The number of carbonyl (C=O) groups is 1. The molecule has 0 amide bonds. The van der Waals surface area contributed by atoms with Crippen LogP contribution in [0.15, 0.2) is 39.9 Å². The number of nitrogens with zero attached hydrogens (tertiary/aromatic N) is 2. The first-order chi connectivity index (χ1) is 8.59. The summed E-state index contributed by atoms with van der Waals surface area (Å²) in [4.78, 5) is 37.2. The first kappa shape index (κ1) is 10.5. The van der Waals surface area contributed by atoms with E-state index in [1.807, 2.05) is 0 Å². The standard InChI is InChI=1S/C12H9N3O3/c1-7(16)10-6-8-4-2-3-5-9(8)14-11(17)13-12(18)15(10)14/h2-6H,1H3,(H,13,17,18). The SMILES string of the molecule is CC(=O)c1cc2ccccc2n2c(=O)[nH]c(=O)n12. The van der Waals surface area contributed by atoms with Crippen molar-refractivity contribution in [3.8, 4) is 0 Å². The predicted octanol–water partition coefficient (Wildman–Crippen LogP) is 0.443.